The molecule has 0 unspecified atom stereocenters. The van der Waals surface area contributed by atoms with Crippen molar-refractivity contribution in [2.24, 2.45) is 0 Å². The molecular formula is C16H16FN3O2. The number of aryl methyl sites for hydroxylation is 1. The van der Waals surface area contributed by atoms with Gasteiger partial charge in [-0.05, 0) is 18.6 Å². The Bertz CT molecular complexity index is 697. The maximum absolute atomic E-state index is 13.2. The van der Waals surface area contributed by atoms with Crippen LogP contribution in [0.1, 0.15) is 23.0 Å². The molecule has 1 aromatic carbocycles. The summed E-state index contributed by atoms with van der Waals surface area (Å²) in [7, 11) is 0. The summed E-state index contributed by atoms with van der Waals surface area (Å²) >= 11 is 0. The van der Waals surface area contributed by atoms with E-state index in [-0.39, 0.29) is 17.7 Å². The minimum Gasteiger partial charge on any atom is -0.486 e. The number of hydrogen-bond acceptors (Lipinski definition) is 5. The van der Waals surface area contributed by atoms with Gasteiger partial charge in [-0.1, -0.05) is 6.07 Å². The summed E-state index contributed by atoms with van der Waals surface area (Å²) in [5, 5.41) is 0. The molecule has 0 aliphatic carbocycles. The third kappa shape index (κ3) is 2.90. The van der Waals surface area contributed by atoms with Crippen LogP contribution in [0.4, 0.5) is 10.2 Å². The summed E-state index contributed by atoms with van der Waals surface area (Å²) < 4.78 is 19.0. The number of halogens is 1. The summed E-state index contributed by atoms with van der Waals surface area (Å²) in [4.78, 5) is 21.4. The number of rotatable bonds is 4. The van der Waals surface area contributed by atoms with Crippen LogP contribution in [0.2, 0.25) is 0 Å². The molecular weight excluding hydrogens is 285 g/mol. The molecule has 5 nitrogen and oxygen atoms in total. The van der Waals surface area contributed by atoms with E-state index in [9.17, 15) is 9.18 Å². The summed E-state index contributed by atoms with van der Waals surface area (Å²) in [6, 6.07) is 4.52. The number of nitrogens with zero attached hydrogens (tertiary/aromatic N) is 3. The zero-order valence-electron chi connectivity index (χ0n) is 12.4. The molecule has 1 aliphatic heterocycles. The standard InChI is InChI=1S/C16H16FN3O2/c1-10-3-4-12(17)5-15(10)22-13-8-20(9-13)16-7-18-14(6-19-16)11(2)21/h3-7,13H,8-9H2,1-2H3. The zero-order valence-corrected chi connectivity index (χ0v) is 12.4. The fourth-order valence-electron chi connectivity index (χ4n) is 2.25. The van der Waals surface area contributed by atoms with Gasteiger partial charge in [-0.3, -0.25) is 4.79 Å². The van der Waals surface area contributed by atoms with Crippen LogP contribution in [0.15, 0.2) is 30.6 Å². The van der Waals surface area contributed by atoms with Gasteiger partial charge in [0.05, 0.1) is 25.5 Å². The molecule has 0 spiro atoms. The van der Waals surface area contributed by atoms with Crippen LogP contribution >= 0.6 is 0 Å². The average Bonchev–Trinajstić information content (AvgIpc) is 2.46. The molecule has 0 saturated carbocycles. The van der Waals surface area contributed by atoms with Crippen molar-refractivity contribution in [3.8, 4) is 5.75 Å². The van der Waals surface area contributed by atoms with Crippen molar-refractivity contribution >= 4 is 11.6 Å². The highest BCUT2D eigenvalue weighted by molar-refractivity contribution is 5.91. The van der Waals surface area contributed by atoms with Gasteiger partial charge in [0.15, 0.2) is 5.78 Å². The number of hydrogen-bond donors (Lipinski definition) is 0. The summed E-state index contributed by atoms with van der Waals surface area (Å²) in [5.41, 5.74) is 1.26. The van der Waals surface area contributed by atoms with Gasteiger partial charge in [0.25, 0.3) is 0 Å². The number of carbonyl (C=O) groups is 1. The number of anilines is 1. The lowest BCUT2D eigenvalue weighted by Gasteiger charge is -2.39. The fraction of sp³-hybridized carbons (Fsp3) is 0.312. The van der Waals surface area contributed by atoms with Gasteiger partial charge in [0, 0.05) is 13.0 Å². The molecule has 114 valence electrons. The number of aromatic nitrogens is 2. The van der Waals surface area contributed by atoms with E-state index in [1.807, 2.05) is 11.8 Å². The Morgan fingerprint density at radius 3 is 2.73 bits per heavy atom. The number of ether oxygens (including phenoxy) is 1. The van der Waals surface area contributed by atoms with Crippen LogP contribution in [0.5, 0.6) is 5.75 Å². The second-order valence-corrected chi connectivity index (χ2v) is 5.37. The molecule has 0 amide bonds. The molecule has 22 heavy (non-hydrogen) atoms. The minimum absolute atomic E-state index is 0.00483. The Labute approximate surface area is 127 Å². The van der Waals surface area contributed by atoms with Gasteiger partial charge in [0.2, 0.25) is 0 Å². The van der Waals surface area contributed by atoms with E-state index < -0.39 is 0 Å². The van der Waals surface area contributed by atoms with E-state index in [4.69, 9.17) is 4.74 Å². The molecule has 0 N–H and O–H groups in total. The highest BCUT2D eigenvalue weighted by Gasteiger charge is 2.30. The van der Waals surface area contributed by atoms with E-state index in [0.29, 0.717) is 30.4 Å². The van der Waals surface area contributed by atoms with Crippen molar-refractivity contribution < 1.29 is 13.9 Å². The number of benzene rings is 1. The largest absolute Gasteiger partial charge is 0.486 e. The quantitative estimate of drug-likeness (QED) is 0.812. The molecule has 6 heteroatoms. The molecule has 1 aliphatic rings. The van der Waals surface area contributed by atoms with Crippen LogP contribution in [-0.2, 0) is 0 Å². The lowest BCUT2D eigenvalue weighted by Crippen LogP contribution is -2.54. The van der Waals surface area contributed by atoms with Crippen LogP contribution in [0, 0.1) is 12.7 Å². The maximum atomic E-state index is 13.2. The minimum atomic E-state index is -0.303. The molecule has 2 aromatic rings. The topological polar surface area (TPSA) is 55.3 Å². The smallest absolute Gasteiger partial charge is 0.179 e. The van der Waals surface area contributed by atoms with Crippen molar-refractivity contribution in [1.29, 1.82) is 0 Å². The molecule has 2 heterocycles. The first-order valence-electron chi connectivity index (χ1n) is 7.03. The predicted octanol–water partition coefficient (Wildman–Crippen LogP) is 2.39. The van der Waals surface area contributed by atoms with Crippen molar-refractivity contribution in [2.45, 2.75) is 20.0 Å². The lowest BCUT2D eigenvalue weighted by atomic mass is 10.1. The number of carbonyl (C=O) groups excluding carboxylic acids is 1. The molecule has 0 bridgehead atoms. The van der Waals surface area contributed by atoms with Crippen molar-refractivity contribution in [1.82, 2.24) is 9.97 Å². The Morgan fingerprint density at radius 2 is 2.09 bits per heavy atom. The first-order valence-corrected chi connectivity index (χ1v) is 7.03. The van der Waals surface area contributed by atoms with E-state index in [1.54, 1.807) is 12.3 Å². The van der Waals surface area contributed by atoms with Crippen LogP contribution in [0.3, 0.4) is 0 Å². The summed E-state index contributed by atoms with van der Waals surface area (Å²) in [6.45, 7) is 4.66. The highest BCUT2D eigenvalue weighted by atomic mass is 19.1. The fourth-order valence-corrected chi connectivity index (χ4v) is 2.25. The Morgan fingerprint density at radius 1 is 1.32 bits per heavy atom. The van der Waals surface area contributed by atoms with E-state index >= 15 is 0 Å². The SMILES string of the molecule is CC(=O)c1cnc(N2CC(Oc3cc(F)ccc3C)C2)cn1. The van der Waals surface area contributed by atoms with E-state index in [1.165, 1.54) is 25.3 Å². The molecule has 1 saturated heterocycles. The van der Waals surface area contributed by atoms with Gasteiger partial charge in [-0.15, -0.1) is 0 Å². The molecule has 1 fully saturated rings. The van der Waals surface area contributed by atoms with Gasteiger partial charge in [-0.25, -0.2) is 14.4 Å². The van der Waals surface area contributed by atoms with E-state index in [2.05, 4.69) is 9.97 Å². The second kappa shape index (κ2) is 5.71. The van der Waals surface area contributed by atoms with Gasteiger partial charge >= 0.3 is 0 Å². The summed E-state index contributed by atoms with van der Waals surface area (Å²) in [5.74, 6) is 0.872. The lowest BCUT2D eigenvalue weighted by molar-refractivity contribution is 0.101. The Hall–Kier alpha value is -2.50. The highest BCUT2D eigenvalue weighted by Crippen LogP contribution is 2.25. The summed E-state index contributed by atoms with van der Waals surface area (Å²) in [6.07, 6.45) is 3.05. The van der Waals surface area contributed by atoms with Crippen LogP contribution < -0.4 is 9.64 Å². The van der Waals surface area contributed by atoms with Crippen LogP contribution in [0.25, 0.3) is 0 Å². The number of Topliss-reactive ketones (excluding diaryl/α,β-unsaturated/α-hetero) is 1. The third-order valence-corrected chi connectivity index (χ3v) is 3.61. The average molecular weight is 301 g/mol. The van der Waals surface area contributed by atoms with Crippen molar-refractivity contribution in [3.63, 3.8) is 0 Å². The first kappa shape index (κ1) is 14.4. The molecule has 3 rings (SSSR count). The normalized spacial score (nSPS) is 14.6. The third-order valence-electron chi connectivity index (χ3n) is 3.61. The zero-order chi connectivity index (χ0) is 15.7. The number of ketones is 1. The van der Waals surface area contributed by atoms with Crippen LogP contribution in [-0.4, -0.2) is 34.9 Å². The van der Waals surface area contributed by atoms with Gasteiger partial charge in [-0.2, -0.15) is 0 Å². The first-order chi connectivity index (χ1) is 10.5. The Kier molecular flexibility index (Phi) is 3.75. The molecule has 1 aromatic heterocycles. The maximum Gasteiger partial charge on any atom is 0.179 e. The second-order valence-electron chi connectivity index (χ2n) is 5.37. The predicted molar refractivity (Wildman–Crippen MR) is 79.8 cm³/mol. The van der Waals surface area contributed by atoms with Gasteiger partial charge < -0.3 is 9.64 Å². The van der Waals surface area contributed by atoms with Crippen molar-refractivity contribution in [2.75, 3.05) is 18.0 Å². The van der Waals surface area contributed by atoms with E-state index in [0.717, 1.165) is 5.56 Å². The monoisotopic (exact) mass is 301 g/mol. The van der Waals surface area contributed by atoms with Crippen molar-refractivity contribution in [3.05, 3.63) is 47.7 Å². The van der Waals surface area contributed by atoms with Gasteiger partial charge in [0.1, 0.15) is 29.2 Å². The molecule has 0 atom stereocenters. The molecule has 0 radical (unpaired) electrons. The Balaban J connectivity index is 1.60.